The fraction of sp³-hybridized carbons (Fsp3) is 0. The molecule has 2 heteroatoms. The summed E-state index contributed by atoms with van der Waals surface area (Å²) in [6.45, 7) is 0. The van der Waals surface area contributed by atoms with Crippen LogP contribution in [0.5, 0.6) is 0 Å². The van der Waals surface area contributed by atoms with Gasteiger partial charge in [-0.2, -0.15) is 0 Å². The van der Waals surface area contributed by atoms with E-state index in [0.29, 0.717) is 5.69 Å². The molecule has 0 spiro atoms. The van der Waals surface area contributed by atoms with E-state index in [1.54, 1.807) is 12.1 Å². The molecule has 0 aliphatic heterocycles. The second-order valence-corrected chi connectivity index (χ2v) is 1.32. The molecule has 0 aliphatic rings. The molecule has 0 saturated heterocycles. The van der Waals surface area contributed by atoms with Gasteiger partial charge in [-0.1, -0.05) is 18.2 Å². The number of nitrogen functional groups attached to an aromatic ring is 1. The Kier molecular flexibility index (Phi) is 3.04. The highest BCUT2D eigenvalue weighted by atomic mass is 35.5. The van der Waals surface area contributed by atoms with Crippen molar-refractivity contribution in [2.45, 2.75) is 0 Å². The molecule has 0 saturated carbocycles. The molecule has 1 aromatic rings. The van der Waals surface area contributed by atoms with E-state index >= 15 is 0 Å². The third-order valence-corrected chi connectivity index (χ3v) is 0.733. The highest BCUT2D eigenvalue weighted by molar-refractivity contribution is 5.85. The van der Waals surface area contributed by atoms with Gasteiger partial charge >= 0.3 is 0 Å². The number of rotatable bonds is 0. The Labute approximate surface area is 54.9 Å². The summed E-state index contributed by atoms with van der Waals surface area (Å²) in [5, 5.41) is 0. The van der Waals surface area contributed by atoms with Crippen LogP contribution in [-0.2, 0) is 0 Å². The molecule has 2 N–H and O–H groups in total. The largest absolute Gasteiger partial charge is 0.398 e. The van der Waals surface area contributed by atoms with Gasteiger partial charge in [0.25, 0.3) is 0 Å². The van der Waals surface area contributed by atoms with Crippen LogP contribution in [0.1, 0.15) is 0 Å². The van der Waals surface area contributed by atoms with Crippen molar-refractivity contribution in [3.8, 4) is 0 Å². The molecule has 1 rings (SSSR count). The number of anilines is 1. The topological polar surface area (TPSA) is 26.0 Å². The first-order chi connectivity index (χ1) is 3.39. The average Bonchev–Trinajstić information content (AvgIpc) is 1.69. The van der Waals surface area contributed by atoms with Crippen molar-refractivity contribution in [2.24, 2.45) is 0 Å². The number of hydrogen-bond acceptors (Lipinski definition) is 1. The standard InChI is InChI=1S/C6H6N.ClH/c7-6-4-2-1-3-5-6;/h1-4H,7H2;1H. The Hall–Kier alpha value is -0.690. The molecular formula is C6H7ClN. The van der Waals surface area contributed by atoms with E-state index in [4.69, 9.17) is 5.73 Å². The predicted molar refractivity (Wildman–Crippen MR) is 36.9 cm³/mol. The summed E-state index contributed by atoms with van der Waals surface area (Å²) < 4.78 is 0. The third-order valence-electron chi connectivity index (χ3n) is 0.733. The second-order valence-electron chi connectivity index (χ2n) is 1.32. The normalized spacial score (nSPS) is 7.50. The van der Waals surface area contributed by atoms with Crippen LogP contribution >= 0.6 is 12.4 Å². The van der Waals surface area contributed by atoms with Crippen LogP contribution in [0.2, 0.25) is 0 Å². The molecule has 8 heavy (non-hydrogen) atoms. The fourth-order valence-corrected chi connectivity index (χ4v) is 0.407. The first-order valence-corrected chi connectivity index (χ1v) is 2.12. The quantitative estimate of drug-likeness (QED) is 0.527. The fourth-order valence-electron chi connectivity index (χ4n) is 0.407. The van der Waals surface area contributed by atoms with Gasteiger partial charge in [0.2, 0.25) is 0 Å². The Bertz CT molecular complexity index is 138. The Morgan fingerprint density at radius 2 is 2.12 bits per heavy atom. The Morgan fingerprint density at radius 1 is 1.38 bits per heavy atom. The highest BCUT2D eigenvalue weighted by Crippen LogP contribution is 1.94. The van der Waals surface area contributed by atoms with Crippen LogP contribution in [-0.4, -0.2) is 0 Å². The summed E-state index contributed by atoms with van der Waals surface area (Å²) in [7, 11) is 0. The molecule has 43 valence electrons. The zero-order valence-corrected chi connectivity index (χ0v) is 5.11. The molecule has 0 aromatic heterocycles. The molecule has 0 atom stereocenters. The highest BCUT2D eigenvalue weighted by Gasteiger charge is 1.73. The second kappa shape index (κ2) is 3.33. The lowest BCUT2D eigenvalue weighted by molar-refractivity contribution is 1.67. The van der Waals surface area contributed by atoms with E-state index in [2.05, 4.69) is 6.07 Å². The lowest BCUT2D eigenvalue weighted by Crippen LogP contribution is -1.80. The van der Waals surface area contributed by atoms with E-state index in [1.165, 1.54) is 0 Å². The summed E-state index contributed by atoms with van der Waals surface area (Å²) in [5.74, 6) is 0. The maximum Gasteiger partial charge on any atom is 0.0394 e. The van der Waals surface area contributed by atoms with Gasteiger partial charge < -0.3 is 5.73 Å². The average molecular weight is 129 g/mol. The van der Waals surface area contributed by atoms with Crippen molar-refractivity contribution in [2.75, 3.05) is 5.73 Å². The van der Waals surface area contributed by atoms with E-state index in [0.717, 1.165) is 0 Å². The van der Waals surface area contributed by atoms with E-state index in [-0.39, 0.29) is 12.4 Å². The molecule has 1 aromatic carbocycles. The first kappa shape index (κ1) is 7.31. The van der Waals surface area contributed by atoms with Gasteiger partial charge in [0.1, 0.15) is 0 Å². The predicted octanol–water partition coefficient (Wildman–Crippen LogP) is 1.49. The summed E-state index contributed by atoms with van der Waals surface area (Å²) in [4.78, 5) is 0. The third kappa shape index (κ3) is 1.85. The first-order valence-electron chi connectivity index (χ1n) is 2.12. The van der Waals surface area contributed by atoms with Crippen molar-refractivity contribution in [1.29, 1.82) is 0 Å². The molecule has 0 heterocycles. The molecule has 0 bridgehead atoms. The van der Waals surface area contributed by atoms with Crippen LogP contribution < -0.4 is 5.73 Å². The minimum Gasteiger partial charge on any atom is -0.398 e. The van der Waals surface area contributed by atoms with Crippen molar-refractivity contribution < 1.29 is 0 Å². The number of nitrogens with two attached hydrogens (primary N) is 1. The maximum absolute atomic E-state index is 5.30. The maximum atomic E-state index is 5.30. The van der Waals surface area contributed by atoms with Crippen LogP contribution in [0.3, 0.4) is 0 Å². The summed E-state index contributed by atoms with van der Waals surface area (Å²) in [6.07, 6.45) is 0. The molecule has 0 fully saturated rings. The summed E-state index contributed by atoms with van der Waals surface area (Å²) in [6, 6.07) is 10.2. The smallest absolute Gasteiger partial charge is 0.0394 e. The van der Waals surface area contributed by atoms with Crippen molar-refractivity contribution >= 4 is 18.1 Å². The van der Waals surface area contributed by atoms with Gasteiger partial charge in [0.15, 0.2) is 0 Å². The summed E-state index contributed by atoms with van der Waals surface area (Å²) in [5.41, 5.74) is 6.00. The van der Waals surface area contributed by atoms with Gasteiger partial charge in [-0.05, 0) is 6.07 Å². The van der Waals surface area contributed by atoms with Crippen LogP contribution in [0, 0.1) is 6.07 Å². The monoisotopic (exact) mass is 128 g/mol. The number of benzene rings is 1. The minimum atomic E-state index is 0. The van der Waals surface area contributed by atoms with E-state index in [9.17, 15) is 0 Å². The Morgan fingerprint density at radius 3 is 2.38 bits per heavy atom. The summed E-state index contributed by atoms with van der Waals surface area (Å²) >= 11 is 0. The SMILES string of the molecule is Cl.Nc1[c]cccc1. The zero-order chi connectivity index (χ0) is 5.11. The molecule has 0 amide bonds. The van der Waals surface area contributed by atoms with Crippen molar-refractivity contribution in [3.63, 3.8) is 0 Å². The number of halogens is 1. The van der Waals surface area contributed by atoms with Crippen LogP contribution in [0.4, 0.5) is 5.69 Å². The Balaban J connectivity index is 0.000000490. The van der Waals surface area contributed by atoms with Crippen molar-refractivity contribution in [1.82, 2.24) is 0 Å². The minimum absolute atomic E-state index is 0. The molecule has 1 nitrogen and oxygen atoms in total. The van der Waals surface area contributed by atoms with E-state index < -0.39 is 0 Å². The van der Waals surface area contributed by atoms with Gasteiger partial charge in [0, 0.05) is 11.8 Å². The van der Waals surface area contributed by atoms with Gasteiger partial charge in [-0.15, -0.1) is 12.4 Å². The molecular weight excluding hydrogens is 122 g/mol. The lowest BCUT2D eigenvalue weighted by Gasteiger charge is -1.82. The zero-order valence-electron chi connectivity index (χ0n) is 4.29. The number of para-hydroxylation sites is 1. The van der Waals surface area contributed by atoms with Crippen LogP contribution in [0.25, 0.3) is 0 Å². The van der Waals surface area contributed by atoms with Crippen molar-refractivity contribution in [3.05, 3.63) is 30.3 Å². The van der Waals surface area contributed by atoms with Crippen LogP contribution in [0.15, 0.2) is 24.3 Å². The van der Waals surface area contributed by atoms with Gasteiger partial charge in [0.05, 0.1) is 0 Å². The molecule has 0 unspecified atom stereocenters. The number of hydrogen-bond donors (Lipinski definition) is 1. The van der Waals surface area contributed by atoms with Gasteiger partial charge in [-0.3, -0.25) is 0 Å². The molecule has 0 aliphatic carbocycles. The lowest BCUT2D eigenvalue weighted by atomic mass is 10.3. The van der Waals surface area contributed by atoms with Gasteiger partial charge in [-0.25, -0.2) is 0 Å². The molecule has 1 radical (unpaired) electrons. The van der Waals surface area contributed by atoms with E-state index in [1.807, 2.05) is 12.1 Å².